The molecule has 1 nitrogen and oxygen atoms in total. The lowest BCUT2D eigenvalue weighted by molar-refractivity contribution is 0.422. The maximum absolute atomic E-state index is 3.58. The molecule has 0 aromatic rings. The van der Waals surface area contributed by atoms with Crippen LogP contribution < -0.4 is 5.32 Å². The lowest BCUT2D eigenvalue weighted by atomic mass is 9.97. The summed E-state index contributed by atoms with van der Waals surface area (Å²) < 4.78 is 0. The third-order valence-corrected chi connectivity index (χ3v) is 2.40. The molecule has 2 atom stereocenters. The summed E-state index contributed by atoms with van der Waals surface area (Å²) in [4.78, 5) is 0. The molecule has 0 bridgehead atoms. The van der Waals surface area contributed by atoms with Crippen LogP contribution in [0.5, 0.6) is 0 Å². The number of rotatable bonds is 6. The molecule has 0 radical (unpaired) electrons. The van der Waals surface area contributed by atoms with Crippen molar-refractivity contribution in [1.82, 2.24) is 5.32 Å². The summed E-state index contributed by atoms with van der Waals surface area (Å²) in [6, 6.07) is 0.565. The Morgan fingerprint density at radius 1 is 1.31 bits per heavy atom. The third-order valence-electron chi connectivity index (χ3n) is 2.40. The highest BCUT2D eigenvalue weighted by Crippen LogP contribution is 2.10. The van der Waals surface area contributed by atoms with Gasteiger partial charge in [0.25, 0.3) is 0 Å². The molecule has 0 spiro atoms. The number of nitrogens with one attached hydrogen (secondary N) is 1. The molecule has 0 aromatic carbocycles. The van der Waals surface area contributed by atoms with Gasteiger partial charge in [0, 0.05) is 6.04 Å². The minimum absolute atomic E-state index is 0.565. The Hall–Kier alpha value is -0.300. The first-order valence-corrected chi connectivity index (χ1v) is 5.50. The van der Waals surface area contributed by atoms with E-state index in [1.807, 2.05) is 0 Å². The average molecular weight is 183 g/mol. The molecule has 0 rings (SSSR count). The predicted molar refractivity (Wildman–Crippen MR) is 61.0 cm³/mol. The molecule has 0 heterocycles. The minimum atomic E-state index is 0.565. The summed E-state index contributed by atoms with van der Waals surface area (Å²) in [6.45, 7) is 12.2. The van der Waals surface area contributed by atoms with E-state index in [1.165, 1.54) is 18.4 Å². The van der Waals surface area contributed by atoms with Crippen LogP contribution in [0, 0.1) is 5.92 Å². The highest BCUT2D eigenvalue weighted by atomic mass is 14.9. The SMILES string of the molecule is CCCNC(C=C(C)C)C(C)CC. The Bertz CT molecular complexity index is 145. The fraction of sp³-hybridized carbons (Fsp3) is 0.833. The van der Waals surface area contributed by atoms with E-state index in [2.05, 4.69) is 46.0 Å². The Morgan fingerprint density at radius 3 is 2.31 bits per heavy atom. The van der Waals surface area contributed by atoms with Gasteiger partial charge in [-0.25, -0.2) is 0 Å². The molecule has 78 valence electrons. The van der Waals surface area contributed by atoms with Crippen LogP contribution in [0.25, 0.3) is 0 Å². The van der Waals surface area contributed by atoms with Crippen LogP contribution in [-0.4, -0.2) is 12.6 Å². The number of hydrogen-bond acceptors (Lipinski definition) is 1. The predicted octanol–water partition coefficient (Wildman–Crippen LogP) is 3.37. The highest BCUT2D eigenvalue weighted by Gasteiger charge is 2.11. The van der Waals surface area contributed by atoms with E-state index in [0.717, 1.165) is 12.5 Å². The minimum Gasteiger partial charge on any atom is -0.310 e. The molecule has 0 aliphatic heterocycles. The van der Waals surface area contributed by atoms with Crippen LogP contribution in [0.3, 0.4) is 0 Å². The van der Waals surface area contributed by atoms with Crippen LogP contribution in [-0.2, 0) is 0 Å². The van der Waals surface area contributed by atoms with Gasteiger partial charge in [0.15, 0.2) is 0 Å². The van der Waals surface area contributed by atoms with Crippen LogP contribution in [0.4, 0.5) is 0 Å². The van der Waals surface area contributed by atoms with E-state index in [9.17, 15) is 0 Å². The Morgan fingerprint density at radius 2 is 1.92 bits per heavy atom. The molecule has 13 heavy (non-hydrogen) atoms. The van der Waals surface area contributed by atoms with E-state index < -0.39 is 0 Å². The smallest absolute Gasteiger partial charge is 0.0277 e. The molecule has 0 saturated carbocycles. The largest absolute Gasteiger partial charge is 0.310 e. The van der Waals surface area contributed by atoms with Gasteiger partial charge in [-0.3, -0.25) is 0 Å². The average Bonchev–Trinajstić information content (AvgIpc) is 2.10. The maximum Gasteiger partial charge on any atom is 0.0277 e. The van der Waals surface area contributed by atoms with Crippen molar-refractivity contribution in [3.8, 4) is 0 Å². The molecule has 0 aromatic heterocycles. The monoisotopic (exact) mass is 183 g/mol. The second-order valence-corrected chi connectivity index (χ2v) is 4.11. The highest BCUT2D eigenvalue weighted by molar-refractivity contribution is 5.02. The van der Waals surface area contributed by atoms with Crippen LogP contribution >= 0.6 is 0 Å². The molecule has 0 saturated heterocycles. The van der Waals surface area contributed by atoms with Crippen molar-refractivity contribution in [2.24, 2.45) is 5.92 Å². The van der Waals surface area contributed by atoms with Gasteiger partial charge in [0.1, 0.15) is 0 Å². The summed E-state index contributed by atoms with van der Waals surface area (Å²) in [5, 5.41) is 3.58. The molecular weight excluding hydrogens is 158 g/mol. The first-order chi connectivity index (χ1) is 6.11. The quantitative estimate of drug-likeness (QED) is 0.623. The van der Waals surface area contributed by atoms with E-state index in [0.29, 0.717) is 6.04 Å². The first-order valence-electron chi connectivity index (χ1n) is 5.50. The molecule has 0 aliphatic carbocycles. The molecule has 1 N–H and O–H groups in total. The lowest BCUT2D eigenvalue weighted by Crippen LogP contribution is -2.33. The van der Waals surface area contributed by atoms with E-state index in [4.69, 9.17) is 0 Å². The van der Waals surface area contributed by atoms with Gasteiger partial charge in [0.2, 0.25) is 0 Å². The summed E-state index contributed by atoms with van der Waals surface area (Å²) in [7, 11) is 0. The summed E-state index contributed by atoms with van der Waals surface area (Å²) in [5.41, 5.74) is 1.41. The lowest BCUT2D eigenvalue weighted by Gasteiger charge is -2.21. The van der Waals surface area contributed by atoms with Gasteiger partial charge >= 0.3 is 0 Å². The third kappa shape index (κ3) is 5.87. The fourth-order valence-electron chi connectivity index (χ4n) is 1.35. The van der Waals surface area contributed by atoms with Crippen molar-refractivity contribution in [3.05, 3.63) is 11.6 Å². The molecule has 0 aliphatic rings. The van der Waals surface area contributed by atoms with Gasteiger partial charge in [-0.2, -0.15) is 0 Å². The zero-order valence-electron chi connectivity index (χ0n) is 9.85. The van der Waals surface area contributed by atoms with Gasteiger partial charge in [-0.1, -0.05) is 38.8 Å². The van der Waals surface area contributed by atoms with E-state index in [-0.39, 0.29) is 0 Å². The molecule has 0 fully saturated rings. The van der Waals surface area contributed by atoms with Crippen molar-refractivity contribution < 1.29 is 0 Å². The van der Waals surface area contributed by atoms with Crippen LogP contribution in [0.15, 0.2) is 11.6 Å². The zero-order valence-corrected chi connectivity index (χ0v) is 9.85. The summed E-state index contributed by atoms with van der Waals surface area (Å²) in [5.74, 6) is 0.737. The first kappa shape index (κ1) is 12.7. The Balaban J connectivity index is 4.10. The van der Waals surface area contributed by atoms with Crippen LogP contribution in [0.2, 0.25) is 0 Å². The molecular formula is C12H25N. The van der Waals surface area contributed by atoms with Crippen molar-refractivity contribution >= 4 is 0 Å². The second-order valence-electron chi connectivity index (χ2n) is 4.11. The Kier molecular flexibility index (Phi) is 6.97. The summed E-state index contributed by atoms with van der Waals surface area (Å²) in [6.07, 6.45) is 4.80. The number of allylic oxidation sites excluding steroid dienone is 1. The molecule has 0 amide bonds. The normalized spacial score (nSPS) is 15.2. The van der Waals surface area contributed by atoms with E-state index >= 15 is 0 Å². The van der Waals surface area contributed by atoms with Crippen molar-refractivity contribution in [2.45, 2.75) is 53.5 Å². The van der Waals surface area contributed by atoms with Crippen molar-refractivity contribution in [2.75, 3.05) is 6.54 Å². The Labute approximate surface area is 83.6 Å². The van der Waals surface area contributed by atoms with Gasteiger partial charge < -0.3 is 5.32 Å². The van der Waals surface area contributed by atoms with Gasteiger partial charge in [-0.05, 0) is 32.7 Å². The van der Waals surface area contributed by atoms with Gasteiger partial charge in [-0.15, -0.1) is 0 Å². The van der Waals surface area contributed by atoms with Gasteiger partial charge in [0.05, 0.1) is 0 Å². The van der Waals surface area contributed by atoms with Crippen molar-refractivity contribution in [1.29, 1.82) is 0 Å². The van der Waals surface area contributed by atoms with Crippen molar-refractivity contribution in [3.63, 3.8) is 0 Å². The summed E-state index contributed by atoms with van der Waals surface area (Å²) >= 11 is 0. The standard InChI is InChI=1S/C12H25N/c1-6-8-13-12(9-10(3)4)11(5)7-2/h9,11-13H,6-8H2,1-5H3. The maximum atomic E-state index is 3.58. The molecule has 2 unspecified atom stereocenters. The topological polar surface area (TPSA) is 12.0 Å². The molecule has 1 heteroatoms. The van der Waals surface area contributed by atoms with E-state index in [1.54, 1.807) is 0 Å². The number of hydrogen-bond donors (Lipinski definition) is 1. The fourth-order valence-corrected chi connectivity index (χ4v) is 1.35. The zero-order chi connectivity index (χ0) is 10.3. The van der Waals surface area contributed by atoms with Crippen LogP contribution in [0.1, 0.15) is 47.5 Å². The second kappa shape index (κ2) is 7.14.